The van der Waals surface area contributed by atoms with E-state index in [1.807, 2.05) is 30.4 Å². The summed E-state index contributed by atoms with van der Waals surface area (Å²) in [5.41, 5.74) is 1.47. The maximum Gasteiger partial charge on any atom is 0.307 e. The molecule has 2 aromatic heterocycles. The van der Waals surface area contributed by atoms with Gasteiger partial charge < -0.3 is 15.7 Å². The van der Waals surface area contributed by atoms with Gasteiger partial charge in [-0.05, 0) is 48.6 Å². The highest BCUT2D eigenvalue weighted by Gasteiger charge is 2.51. The smallest absolute Gasteiger partial charge is 0.307 e. The molecule has 30 heavy (non-hydrogen) atoms. The Balaban J connectivity index is 1.34. The normalized spacial score (nSPS) is 24.3. The fourth-order valence-corrected chi connectivity index (χ4v) is 5.27. The number of carbonyl (C=O) groups excluding carboxylic acids is 1. The number of amides is 1. The summed E-state index contributed by atoms with van der Waals surface area (Å²) >= 11 is 1.31. The number of pyridine rings is 1. The van der Waals surface area contributed by atoms with Crippen molar-refractivity contribution in [1.82, 2.24) is 9.97 Å². The van der Waals surface area contributed by atoms with Gasteiger partial charge in [-0.2, -0.15) is 0 Å². The Morgan fingerprint density at radius 1 is 1.13 bits per heavy atom. The third-order valence-electron chi connectivity index (χ3n) is 5.67. The van der Waals surface area contributed by atoms with Crippen molar-refractivity contribution in [2.75, 3.05) is 10.6 Å². The highest BCUT2D eigenvalue weighted by atomic mass is 32.1. The number of hydrogen-bond donors (Lipinski definition) is 3. The summed E-state index contributed by atoms with van der Waals surface area (Å²) in [6, 6.07) is 8.37. The second kappa shape index (κ2) is 7.17. The van der Waals surface area contributed by atoms with E-state index in [-0.39, 0.29) is 17.7 Å². The molecule has 1 fully saturated rings. The van der Waals surface area contributed by atoms with E-state index < -0.39 is 23.6 Å². The molecule has 152 valence electrons. The molecule has 4 atom stereocenters. The van der Waals surface area contributed by atoms with Crippen LogP contribution in [0, 0.1) is 29.5 Å². The van der Waals surface area contributed by atoms with Gasteiger partial charge >= 0.3 is 5.97 Å². The predicted molar refractivity (Wildman–Crippen MR) is 111 cm³/mol. The number of hydrogen-bond acceptors (Lipinski definition) is 6. The Labute approximate surface area is 174 Å². The molecule has 5 rings (SSSR count). The van der Waals surface area contributed by atoms with Crippen LogP contribution in [0.25, 0.3) is 10.2 Å². The first-order valence-electron chi connectivity index (χ1n) is 9.49. The van der Waals surface area contributed by atoms with Crippen LogP contribution in [-0.4, -0.2) is 27.0 Å². The topological polar surface area (TPSA) is 104 Å². The molecule has 3 N–H and O–H groups in total. The van der Waals surface area contributed by atoms with E-state index in [9.17, 15) is 19.1 Å². The lowest BCUT2D eigenvalue weighted by molar-refractivity contribution is -0.146. The van der Waals surface area contributed by atoms with E-state index in [0.717, 1.165) is 22.1 Å². The molecule has 0 radical (unpaired) electrons. The van der Waals surface area contributed by atoms with E-state index in [4.69, 9.17) is 0 Å². The van der Waals surface area contributed by atoms with Gasteiger partial charge in [0, 0.05) is 5.69 Å². The number of nitrogens with one attached hydrogen (secondary N) is 2. The number of carboxylic acids is 1. The van der Waals surface area contributed by atoms with Crippen molar-refractivity contribution in [2.45, 2.75) is 6.42 Å². The lowest BCUT2D eigenvalue weighted by atomic mass is 9.82. The number of thiazole rings is 1. The lowest BCUT2D eigenvalue weighted by Gasteiger charge is -2.23. The number of halogens is 1. The number of fused-ring (bicyclic) bond motifs is 3. The maximum atomic E-state index is 13.0. The van der Waals surface area contributed by atoms with Crippen LogP contribution in [-0.2, 0) is 9.59 Å². The average molecular weight is 424 g/mol. The Kier molecular flexibility index (Phi) is 4.47. The molecule has 2 aliphatic carbocycles. The third-order valence-corrected chi connectivity index (χ3v) is 6.60. The van der Waals surface area contributed by atoms with Gasteiger partial charge in [-0.15, -0.1) is 0 Å². The summed E-state index contributed by atoms with van der Waals surface area (Å²) in [6.45, 7) is 0. The molecular weight excluding hydrogens is 407 g/mol. The lowest BCUT2D eigenvalue weighted by Crippen LogP contribution is -2.36. The minimum absolute atomic E-state index is 0.0375. The van der Waals surface area contributed by atoms with Gasteiger partial charge in [0.2, 0.25) is 5.91 Å². The van der Waals surface area contributed by atoms with Gasteiger partial charge in [0.1, 0.15) is 11.6 Å². The minimum atomic E-state index is -0.929. The quantitative estimate of drug-likeness (QED) is 0.534. The molecule has 7 nitrogen and oxygen atoms in total. The molecule has 0 saturated heterocycles. The van der Waals surface area contributed by atoms with Crippen LogP contribution in [0.2, 0.25) is 0 Å². The molecule has 2 bridgehead atoms. The van der Waals surface area contributed by atoms with Crippen molar-refractivity contribution in [3.05, 3.63) is 54.5 Å². The van der Waals surface area contributed by atoms with Gasteiger partial charge in [-0.25, -0.2) is 14.4 Å². The highest BCUT2D eigenvalue weighted by molar-refractivity contribution is 7.22. The van der Waals surface area contributed by atoms with Crippen LogP contribution in [0.5, 0.6) is 0 Å². The van der Waals surface area contributed by atoms with Crippen molar-refractivity contribution < 1.29 is 19.1 Å². The number of carbonyl (C=O) groups is 2. The molecular formula is C21H17FN4O3S. The second-order valence-corrected chi connectivity index (χ2v) is 8.55. The zero-order valence-corrected chi connectivity index (χ0v) is 16.4. The Hall–Kier alpha value is -3.33. The van der Waals surface area contributed by atoms with E-state index in [1.54, 1.807) is 6.07 Å². The summed E-state index contributed by atoms with van der Waals surface area (Å²) < 4.78 is 13.9. The Morgan fingerprint density at radius 3 is 2.67 bits per heavy atom. The first kappa shape index (κ1) is 18.7. The van der Waals surface area contributed by atoms with Gasteiger partial charge in [-0.1, -0.05) is 23.5 Å². The molecule has 1 aromatic carbocycles. The van der Waals surface area contributed by atoms with E-state index >= 15 is 0 Å². The summed E-state index contributed by atoms with van der Waals surface area (Å²) in [7, 11) is 0. The summed E-state index contributed by atoms with van der Waals surface area (Å²) in [4.78, 5) is 32.9. The molecule has 3 aromatic rings. The summed E-state index contributed by atoms with van der Waals surface area (Å²) in [5, 5.41) is 15.9. The molecule has 2 heterocycles. The van der Waals surface area contributed by atoms with Crippen molar-refractivity contribution in [3.63, 3.8) is 0 Å². The number of aromatic nitrogens is 2. The second-order valence-electron chi connectivity index (χ2n) is 7.52. The largest absolute Gasteiger partial charge is 0.481 e. The molecule has 2 aliphatic rings. The fraction of sp³-hybridized carbons (Fsp3) is 0.238. The van der Waals surface area contributed by atoms with Gasteiger partial charge in [-0.3, -0.25) is 9.59 Å². The summed E-state index contributed by atoms with van der Waals surface area (Å²) in [5.74, 6) is -2.50. The Morgan fingerprint density at radius 2 is 1.93 bits per heavy atom. The van der Waals surface area contributed by atoms with E-state index in [0.29, 0.717) is 17.4 Å². The van der Waals surface area contributed by atoms with E-state index in [2.05, 4.69) is 20.6 Å². The van der Waals surface area contributed by atoms with Crippen LogP contribution < -0.4 is 10.6 Å². The SMILES string of the molecule is O=C(Nc1nc2ccc(Nc3ccc(F)cn3)cc2s1)[C@@H]1C2C=CC(C2)[C@@H]1C(=O)O. The van der Waals surface area contributed by atoms with Crippen LogP contribution in [0.15, 0.2) is 48.7 Å². The van der Waals surface area contributed by atoms with Gasteiger partial charge in [0.25, 0.3) is 0 Å². The standard InChI is InChI=1S/C21H17FN4O3S/c22-12-3-6-16(23-9-12)24-13-4-5-14-15(8-13)30-21(25-14)26-19(27)17-10-1-2-11(7-10)18(17)20(28)29/h1-6,8-11,17-18H,7H2,(H,23,24)(H,28,29)(H,25,26,27)/t10?,11?,17-,18+/m1/s1. The first-order chi connectivity index (χ1) is 14.5. The third kappa shape index (κ3) is 3.30. The van der Waals surface area contributed by atoms with Crippen LogP contribution in [0.3, 0.4) is 0 Å². The number of anilines is 3. The van der Waals surface area contributed by atoms with Gasteiger partial charge in [0.15, 0.2) is 5.13 Å². The van der Waals surface area contributed by atoms with E-state index in [1.165, 1.54) is 17.4 Å². The summed E-state index contributed by atoms with van der Waals surface area (Å²) in [6.07, 6.45) is 5.71. The van der Waals surface area contributed by atoms with Crippen LogP contribution in [0.4, 0.5) is 21.0 Å². The molecule has 1 saturated carbocycles. The molecule has 0 spiro atoms. The zero-order valence-electron chi connectivity index (χ0n) is 15.6. The van der Waals surface area contributed by atoms with Crippen LogP contribution >= 0.6 is 11.3 Å². The fourth-order valence-electron chi connectivity index (χ4n) is 4.36. The number of carboxylic acid groups (broad SMARTS) is 1. The minimum Gasteiger partial charge on any atom is -0.481 e. The van der Waals surface area contributed by atoms with Crippen LogP contribution in [0.1, 0.15) is 6.42 Å². The molecule has 0 aliphatic heterocycles. The van der Waals surface area contributed by atoms with Crippen molar-refractivity contribution in [3.8, 4) is 0 Å². The number of benzene rings is 1. The number of aliphatic carboxylic acids is 1. The average Bonchev–Trinajstić information content (AvgIpc) is 3.43. The molecule has 9 heteroatoms. The van der Waals surface area contributed by atoms with Crippen molar-refractivity contribution in [2.24, 2.45) is 23.7 Å². The molecule has 2 unspecified atom stereocenters. The Bertz CT molecular complexity index is 1180. The van der Waals surface area contributed by atoms with Crippen molar-refractivity contribution in [1.29, 1.82) is 0 Å². The maximum absolute atomic E-state index is 13.0. The zero-order chi connectivity index (χ0) is 20.8. The predicted octanol–water partition coefficient (Wildman–Crippen LogP) is 4.04. The van der Waals surface area contributed by atoms with Gasteiger partial charge in [0.05, 0.1) is 28.2 Å². The first-order valence-corrected chi connectivity index (χ1v) is 10.3. The molecule has 1 amide bonds. The monoisotopic (exact) mass is 424 g/mol. The van der Waals surface area contributed by atoms with Crippen molar-refractivity contribution >= 4 is 50.1 Å². The number of allylic oxidation sites excluding steroid dienone is 2. The highest BCUT2D eigenvalue weighted by Crippen LogP contribution is 2.48. The number of nitrogens with zero attached hydrogens (tertiary/aromatic N) is 2. The number of rotatable bonds is 5.